The highest BCUT2D eigenvalue weighted by Gasteiger charge is 2.17. The van der Waals surface area contributed by atoms with Crippen LogP contribution in [-0.4, -0.2) is 23.1 Å². The van der Waals surface area contributed by atoms with E-state index in [4.69, 9.17) is 0 Å². The quantitative estimate of drug-likeness (QED) is 0.929. The number of hydrogen-bond acceptors (Lipinski definition) is 4. The van der Waals surface area contributed by atoms with E-state index in [1.807, 2.05) is 6.92 Å². The highest BCUT2D eigenvalue weighted by molar-refractivity contribution is 5.48. The maximum Gasteiger partial charge on any atom is 0.224 e. The lowest BCUT2D eigenvalue weighted by atomic mass is 10.00. The molecular formula is C16H20N4. The van der Waals surface area contributed by atoms with Gasteiger partial charge in [0.15, 0.2) is 0 Å². The van der Waals surface area contributed by atoms with Crippen molar-refractivity contribution in [1.82, 2.24) is 9.97 Å². The Labute approximate surface area is 119 Å². The second kappa shape index (κ2) is 5.49. The number of aromatic nitrogens is 2. The molecule has 3 rings (SSSR count). The van der Waals surface area contributed by atoms with Gasteiger partial charge in [-0.25, -0.2) is 4.98 Å². The largest absolute Gasteiger partial charge is 0.354 e. The van der Waals surface area contributed by atoms with Crippen molar-refractivity contribution in [3.8, 4) is 0 Å². The van der Waals surface area contributed by atoms with Crippen molar-refractivity contribution in [1.29, 1.82) is 0 Å². The molecule has 104 valence electrons. The number of hydrogen-bond donors (Lipinski definition) is 1. The number of rotatable bonds is 3. The van der Waals surface area contributed by atoms with Crippen molar-refractivity contribution in [3.05, 3.63) is 47.2 Å². The molecular weight excluding hydrogens is 248 g/mol. The molecule has 0 amide bonds. The maximum absolute atomic E-state index is 4.62. The van der Waals surface area contributed by atoms with E-state index in [1.165, 1.54) is 11.1 Å². The standard InChI is InChI=1S/C16H20N4/c1-3-17-16-18-12(2)10-15(19-16)20-9-8-13-6-4-5-7-14(13)11-20/h4-7,10H,3,8-9,11H2,1-2H3,(H,17,18,19). The normalized spacial score (nSPS) is 14.0. The number of anilines is 2. The van der Waals surface area contributed by atoms with Gasteiger partial charge in [0.05, 0.1) is 0 Å². The zero-order chi connectivity index (χ0) is 13.9. The average Bonchev–Trinajstić information content (AvgIpc) is 2.46. The molecule has 1 N–H and O–H groups in total. The number of nitrogens with one attached hydrogen (secondary N) is 1. The van der Waals surface area contributed by atoms with E-state index in [0.717, 1.165) is 43.5 Å². The molecule has 0 fully saturated rings. The van der Waals surface area contributed by atoms with Crippen LogP contribution in [0.5, 0.6) is 0 Å². The van der Waals surface area contributed by atoms with Crippen LogP contribution in [0.4, 0.5) is 11.8 Å². The van der Waals surface area contributed by atoms with Crippen LogP contribution < -0.4 is 10.2 Å². The summed E-state index contributed by atoms with van der Waals surface area (Å²) in [6.45, 7) is 6.86. The fourth-order valence-electron chi connectivity index (χ4n) is 2.64. The lowest BCUT2D eigenvalue weighted by Crippen LogP contribution is -2.31. The third-order valence-electron chi connectivity index (χ3n) is 3.63. The summed E-state index contributed by atoms with van der Waals surface area (Å²) in [5.41, 5.74) is 3.87. The Hall–Kier alpha value is -2.10. The van der Waals surface area contributed by atoms with E-state index in [2.05, 4.69) is 57.4 Å². The van der Waals surface area contributed by atoms with E-state index in [9.17, 15) is 0 Å². The molecule has 0 aliphatic carbocycles. The number of aryl methyl sites for hydroxylation is 1. The van der Waals surface area contributed by atoms with Gasteiger partial charge in [-0.1, -0.05) is 24.3 Å². The minimum absolute atomic E-state index is 0.723. The van der Waals surface area contributed by atoms with Gasteiger partial charge in [-0.15, -0.1) is 0 Å². The highest BCUT2D eigenvalue weighted by Crippen LogP contribution is 2.24. The minimum Gasteiger partial charge on any atom is -0.354 e. The van der Waals surface area contributed by atoms with E-state index in [-0.39, 0.29) is 0 Å². The number of nitrogens with zero attached hydrogens (tertiary/aromatic N) is 3. The molecule has 1 aromatic carbocycles. The molecule has 0 unspecified atom stereocenters. The summed E-state index contributed by atoms with van der Waals surface area (Å²) in [6.07, 6.45) is 1.08. The van der Waals surface area contributed by atoms with Crippen LogP contribution in [0.2, 0.25) is 0 Å². The molecule has 2 aromatic rings. The van der Waals surface area contributed by atoms with Crippen LogP contribution in [0, 0.1) is 6.92 Å². The van der Waals surface area contributed by atoms with Gasteiger partial charge in [-0.05, 0) is 31.4 Å². The summed E-state index contributed by atoms with van der Waals surface area (Å²) >= 11 is 0. The highest BCUT2D eigenvalue weighted by atomic mass is 15.2. The van der Waals surface area contributed by atoms with Crippen molar-refractivity contribution >= 4 is 11.8 Å². The van der Waals surface area contributed by atoms with Gasteiger partial charge in [-0.3, -0.25) is 0 Å². The van der Waals surface area contributed by atoms with E-state index in [0.29, 0.717) is 0 Å². The van der Waals surface area contributed by atoms with Crippen LogP contribution in [-0.2, 0) is 13.0 Å². The van der Waals surface area contributed by atoms with Crippen LogP contribution in [0.15, 0.2) is 30.3 Å². The van der Waals surface area contributed by atoms with E-state index < -0.39 is 0 Å². The summed E-state index contributed by atoms with van der Waals surface area (Å²) in [4.78, 5) is 11.4. The van der Waals surface area contributed by atoms with Crippen molar-refractivity contribution in [2.45, 2.75) is 26.8 Å². The maximum atomic E-state index is 4.62. The Morgan fingerprint density at radius 3 is 2.80 bits per heavy atom. The minimum atomic E-state index is 0.723. The third-order valence-corrected chi connectivity index (χ3v) is 3.63. The molecule has 1 aliphatic rings. The Bertz CT molecular complexity index is 609. The van der Waals surface area contributed by atoms with Crippen molar-refractivity contribution < 1.29 is 0 Å². The zero-order valence-electron chi connectivity index (χ0n) is 12.1. The first-order valence-corrected chi connectivity index (χ1v) is 7.17. The molecule has 0 radical (unpaired) electrons. The third kappa shape index (κ3) is 2.59. The smallest absolute Gasteiger partial charge is 0.224 e. The Balaban J connectivity index is 1.87. The second-order valence-electron chi connectivity index (χ2n) is 5.16. The molecule has 0 spiro atoms. The Morgan fingerprint density at radius 2 is 2.00 bits per heavy atom. The Kier molecular flexibility index (Phi) is 3.54. The fraction of sp³-hybridized carbons (Fsp3) is 0.375. The first-order chi connectivity index (χ1) is 9.76. The topological polar surface area (TPSA) is 41.1 Å². The fourth-order valence-corrected chi connectivity index (χ4v) is 2.64. The summed E-state index contributed by atoms with van der Waals surface area (Å²) < 4.78 is 0. The zero-order valence-corrected chi connectivity index (χ0v) is 12.1. The van der Waals surface area contributed by atoms with Crippen molar-refractivity contribution in [2.75, 3.05) is 23.3 Å². The van der Waals surface area contributed by atoms with Crippen molar-refractivity contribution in [2.24, 2.45) is 0 Å². The van der Waals surface area contributed by atoms with Gasteiger partial charge < -0.3 is 10.2 Å². The van der Waals surface area contributed by atoms with E-state index in [1.54, 1.807) is 0 Å². The van der Waals surface area contributed by atoms with Crippen LogP contribution >= 0.6 is 0 Å². The number of benzene rings is 1. The predicted octanol–water partition coefficient (Wildman–Crippen LogP) is 2.78. The molecule has 4 nitrogen and oxygen atoms in total. The summed E-state index contributed by atoms with van der Waals surface area (Å²) in [6, 6.07) is 10.7. The second-order valence-corrected chi connectivity index (χ2v) is 5.16. The predicted molar refractivity (Wildman–Crippen MR) is 82.1 cm³/mol. The molecule has 1 aliphatic heterocycles. The lowest BCUT2D eigenvalue weighted by molar-refractivity contribution is 0.719. The lowest BCUT2D eigenvalue weighted by Gasteiger charge is -2.30. The van der Waals surface area contributed by atoms with Gasteiger partial charge in [0.1, 0.15) is 5.82 Å². The molecule has 20 heavy (non-hydrogen) atoms. The molecule has 0 saturated carbocycles. The van der Waals surface area contributed by atoms with Gasteiger partial charge in [0, 0.05) is 31.4 Å². The number of fused-ring (bicyclic) bond motifs is 1. The summed E-state index contributed by atoms with van der Waals surface area (Å²) in [5.74, 6) is 1.74. The van der Waals surface area contributed by atoms with Crippen molar-refractivity contribution in [3.63, 3.8) is 0 Å². The summed E-state index contributed by atoms with van der Waals surface area (Å²) in [7, 11) is 0. The molecule has 1 aromatic heterocycles. The first-order valence-electron chi connectivity index (χ1n) is 7.17. The van der Waals surface area contributed by atoms with Crippen LogP contribution in [0.3, 0.4) is 0 Å². The summed E-state index contributed by atoms with van der Waals surface area (Å²) in [5, 5.41) is 3.20. The molecule has 2 heterocycles. The van der Waals surface area contributed by atoms with Gasteiger partial charge in [-0.2, -0.15) is 4.98 Å². The molecule has 0 saturated heterocycles. The average molecular weight is 268 g/mol. The SMILES string of the molecule is CCNc1nc(C)cc(N2CCc3ccccc3C2)n1. The van der Waals surface area contributed by atoms with Gasteiger partial charge >= 0.3 is 0 Å². The molecule has 4 heteroatoms. The monoisotopic (exact) mass is 268 g/mol. The molecule has 0 atom stereocenters. The Morgan fingerprint density at radius 1 is 1.20 bits per heavy atom. The van der Waals surface area contributed by atoms with Gasteiger partial charge in [0.25, 0.3) is 0 Å². The van der Waals surface area contributed by atoms with Crippen LogP contribution in [0.25, 0.3) is 0 Å². The van der Waals surface area contributed by atoms with E-state index >= 15 is 0 Å². The van der Waals surface area contributed by atoms with Crippen LogP contribution in [0.1, 0.15) is 23.7 Å². The first kappa shape index (κ1) is 12.9. The van der Waals surface area contributed by atoms with Gasteiger partial charge in [0.2, 0.25) is 5.95 Å². The molecule has 0 bridgehead atoms.